The van der Waals surface area contributed by atoms with Crippen LogP contribution in [0.15, 0.2) is 12.2 Å². The normalized spacial score (nSPS) is 86.1. The fraction of sp³-hybridized carbons (Fsp3) is 0.875. The van der Waals surface area contributed by atoms with Crippen LogP contribution in [0.4, 0.5) is 0 Å². The Morgan fingerprint density at radius 1 is 0.778 bits per heavy atom. The molecule has 18 heavy (non-hydrogen) atoms. The summed E-state index contributed by atoms with van der Waals surface area (Å²) in [5, 5.41) is 21.8. The highest BCUT2D eigenvalue weighted by molar-refractivity contribution is 5.50. The van der Waals surface area contributed by atoms with E-state index in [0.717, 1.165) is 48.3 Å². The fourth-order valence-electron chi connectivity index (χ4n) is 9.92. The number of rotatable bonds is 0. The molecule has 12 atom stereocenters. The minimum atomic E-state index is -0.107. The predicted molar refractivity (Wildman–Crippen MR) is 63.2 cm³/mol. The molecule has 0 saturated heterocycles. The SMILES string of the molecule is O[C@@H]1C[C@H]2[C@H]3C[C@H](O)[C@]45[C@@H]6C=C[C@@H]7C6C([C@H]34)[C@H]2[C@@]175. The molecule has 8 bridgehead atoms. The Bertz CT molecular complexity index is 509. The number of hydrogen-bond donors (Lipinski definition) is 2. The summed E-state index contributed by atoms with van der Waals surface area (Å²) in [4.78, 5) is 0. The maximum Gasteiger partial charge on any atom is 0.0614 e. The van der Waals surface area contributed by atoms with Crippen molar-refractivity contribution in [1.29, 1.82) is 0 Å². The van der Waals surface area contributed by atoms with E-state index in [2.05, 4.69) is 12.2 Å². The van der Waals surface area contributed by atoms with Crippen LogP contribution in [0.25, 0.3) is 0 Å². The third-order valence-corrected chi connectivity index (χ3v) is 9.15. The summed E-state index contributed by atoms with van der Waals surface area (Å²) >= 11 is 0. The molecule has 8 aliphatic carbocycles. The Hall–Kier alpha value is -0.340. The van der Waals surface area contributed by atoms with E-state index in [9.17, 15) is 10.2 Å². The zero-order valence-electron chi connectivity index (χ0n) is 10.2. The zero-order valence-corrected chi connectivity index (χ0v) is 10.2. The predicted octanol–water partition coefficient (Wildman–Crippen LogP) is 1.04. The van der Waals surface area contributed by atoms with Gasteiger partial charge in [-0.25, -0.2) is 0 Å². The summed E-state index contributed by atoms with van der Waals surface area (Å²) in [6.45, 7) is 0. The second kappa shape index (κ2) is 1.96. The van der Waals surface area contributed by atoms with E-state index in [1.807, 2.05) is 0 Å². The molecular formula is C16H18O2. The van der Waals surface area contributed by atoms with E-state index in [-0.39, 0.29) is 23.0 Å². The maximum absolute atomic E-state index is 10.9. The molecule has 2 heteroatoms. The number of aliphatic hydroxyl groups is 2. The Morgan fingerprint density at radius 2 is 1.28 bits per heavy atom. The lowest BCUT2D eigenvalue weighted by atomic mass is 9.52. The van der Waals surface area contributed by atoms with Crippen molar-refractivity contribution in [2.24, 2.45) is 58.2 Å². The fourth-order valence-corrected chi connectivity index (χ4v) is 9.92. The van der Waals surface area contributed by atoms with Gasteiger partial charge >= 0.3 is 0 Å². The topological polar surface area (TPSA) is 40.5 Å². The molecule has 0 aliphatic heterocycles. The van der Waals surface area contributed by atoms with Crippen molar-refractivity contribution in [3.05, 3.63) is 12.2 Å². The molecule has 7 fully saturated rings. The zero-order chi connectivity index (χ0) is 11.6. The van der Waals surface area contributed by atoms with Crippen LogP contribution in [-0.2, 0) is 0 Å². The summed E-state index contributed by atoms with van der Waals surface area (Å²) in [6.07, 6.45) is 6.76. The first kappa shape index (κ1) is 8.76. The van der Waals surface area contributed by atoms with Gasteiger partial charge in [-0.3, -0.25) is 0 Å². The molecule has 2 unspecified atom stereocenters. The van der Waals surface area contributed by atoms with Crippen molar-refractivity contribution in [3.63, 3.8) is 0 Å². The summed E-state index contributed by atoms with van der Waals surface area (Å²) in [5.74, 6) is 6.05. The van der Waals surface area contributed by atoms with Crippen LogP contribution < -0.4 is 0 Å². The van der Waals surface area contributed by atoms with Crippen molar-refractivity contribution in [3.8, 4) is 0 Å². The maximum atomic E-state index is 10.9. The van der Waals surface area contributed by atoms with Gasteiger partial charge in [-0.1, -0.05) is 12.2 Å². The molecule has 7 saturated carbocycles. The summed E-state index contributed by atoms with van der Waals surface area (Å²) in [7, 11) is 0. The van der Waals surface area contributed by atoms with E-state index >= 15 is 0 Å². The Balaban J connectivity index is 1.71. The van der Waals surface area contributed by atoms with E-state index < -0.39 is 0 Å². The third kappa shape index (κ3) is 0.419. The molecule has 94 valence electrons. The van der Waals surface area contributed by atoms with Gasteiger partial charge in [0.2, 0.25) is 0 Å². The van der Waals surface area contributed by atoms with Gasteiger partial charge in [-0.05, 0) is 60.2 Å². The molecule has 8 rings (SSSR count). The van der Waals surface area contributed by atoms with Gasteiger partial charge in [0.1, 0.15) is 0 Å². The second-order valence-corrected chi connectivity index (χ2v) is 8.34. The molecule has 2 spiro atoms. The van der Waals surface area contributed by atoms with Crippen LogP contribution in [0.1, 0.15) is 12.8 Å². The third-order valence-electron chi connectivity index (χ3n) is 9.15. The first-order valence-corrected chi connectivity index (χ1v) is 7.80. The van der Waals surface area contributed by atoms with Crippen LogP contribution in [0.3, 0.4) is 0 Å². The van der Waals surface area contributed by atoms with Crippen molar-refractivity contribution in [2.45, 2.75) is 25.0 Å². The van der Waals surface area contributed by atoms with Crippen LogP contribution in [0.5, 0.6) is 0 Å². The highest BCUT2D eigenvalue weighted by Gasteiger charge is 2.98. The number of hydrogen-bond acceptors (Lipinski definition) is 2. The standard InChI is InChI=1S/C16H18O2/c17-9-3-5-6-4-10(18)16-8-2-1-7-11(8)12(14(6)16)13(5)15(7,9)16/h1-2,5-14,17-18H,3-4H2/t5-,6+,7-,8-,9+,10-,11?,12?,13+,14+,15-,16+/m1/s1. The lowest BCUT2D eigenvalue weighted by Crippen LogP contribution is -2.56. The van der Waals surface area contributed by atoms with Crippen LogP contribution in [-0.4, -0.2) is 22.4 Å². The molecule has 0 aromatic heterocycles. The van der Waals surface area contributed by atoms with Gasteiger partial charge < -0.3 is 10.2 Å². The highest BCUT2D eigenvalue weighted by atomic mass is 16.3. The summed E-state index contributed by atoms with van der Waals surface area (Å²) in [5.41, 5.74) is 0.257. The first-order valence-electron chi connectivity index (χ1n) is 7.80. The van der Waals surface area contributed by atoms with Crippen molar-refractivity contribution < 1.29 is 10.2 Å². The summed E-state index contributed by atoms with van der Waals surface area (Å²) < 4.78 is 0. The molecule has 0 radical (unpaired) electrons. The van der Waals surface area contributed by atoms with Crippen molar-refractivity contribution in [1.82, 2.24) is 0 Å². The Morgan fingerprint density at radius 3 is 1.78 bits per heavy atom. The van der Waals surface area contributed by atoms with Crippen molar-refractivity contribution in [2.75, 3.05) is 0 Å². The minimum Gasteiger partial charge on any atom is -0.392 e. The Labute approximate surface area is 106 Å². The van der Waals surface area contributed by atoms with Gasteiger partial charge in [0.15, 0.2) is 0 Å². The van der Waals surface area contributed by atoms with Gasteiger partial charge in [0.25, 0.3) is 0 Å². The summed E-state index contributed by atoms with van der Waals surface area (Å²) in [6, 6.07) is 0. The molecule has 2 N–H and O–H groups in total. The van der Waals surface area contributed by atoms with E-state index in [4.69, 9.17) is 0 Å². The largest absolute Gasteiger partial charge is 0.392 e. The molecule has 0 heterocycles. The quantitative estimate of drug-likeness (QED) is 0.623. The van der Waals surface area contributed by atoms with Crippen LogP contribution in [0, 0.1) is 58.2 Å². The van der Waals surface area contributed by atoms with E-state index in [1.165, 1.54) is 0 Å². The molecule has 0 amide bonds. The van der Waals surface area contributed by atoms with E-state index in [1.54, 1.807) is 0 Å². The lowest BCUT2D eigenvalue weighted by Gasteiger charge is -2.53. The van der Waals surface area contributed by atoms with Crippen molar-refractivity contribution >= 4 is 0 Å². The van der Waals surface area contributed by atoms with Gasteiger partial charge in [-0.2, -0.15) is 0 Å². The van der Waals surface area contributed by atoms with Crippen LogP contribution >= 0.6 is 0 Å². The molecule has 8 aliphatic rings. The van der Waals surface area contributed by atoms with Crippen LogP contribution in [0.2, 0.25) is 0 Å². The van der Waals surface area contributed by atoms with Gasteiger partial charge in [0, 0.05) is 10.8 Å². The molecule has 0 aromatic rings. The number of allylic oxidation sites excluding steroid dienone is 2. The van der Waals surface area contributed by atoms with E-state index in [0.29, 0.717) is 11.8 Å². The lowest BCUT2D eigenvalue weighted by molar-refractivity contribution is -0.128. The molecule has 0 aromatic carbocycles. The number of aliphatic hydroxyl groups excluding tert-OH is 2. The molecular weight excluding hydrogens is 224 g/mol. The highest BCUT2D eigenvalue weighted by Crippen LogP contribution is 2.99. The second-order valence-electron chi connectivity index (χ2n) is 8.34. The first-order chi connectivity index (χ1) is 8.75. The smallest absolute Gasteiger partial charge is 0.0614 e. The van der Waals surface area contributed by atoms with Gasteiger partial charge in [-0.15, -0.1) is 0 Å². The average Bonchev–Trinajstić information content (AvgIpc) is 3.06. The molecule has 2 nitrogen and oxygen atoms in total. The monoisotopic (exact) mass is 242 g/mol. The minimum absolute atomic E-state index is 0.107. The number of fused-ring (bicyclic) bond motifs is 1. The van der Waals surface area contributed by atoms with Gasteiger partial charge in [0.05, 0.1) is 12.2 Å². The Kier molecular flexibility index (Phi) is 0.953. The average molecular weight is 242 g/mol.